The van der Waals surface area contributed by atoms with Crippen molar-refractivity contribution in [3.05, 3.63) is 23.3 Å². The number of alkyl halides is 1. The fraction of sp³-hybridized carbons (Fsp3) is 0.714. The first-order chi connectivity index (χ1) is 12.1. The van der Waals surface area contributed by atoms with Crippen molar-refractivity contribution in [2.75, 3.05) is 7.11 Å². The molecule has 0 spiro atoms. The van der Waals surface area contributed by atoms with E-state index in [0.717, 1.165) is 19.1 Å². The molecule has 0 amide bonds. The summed E-state index contributed by atoms with van der Waals surface area (Å²) in [5.41, 5.74) is 0.659. The predicted molar refractivity (Wildman–Crippen MR) is 103 cm³/mol. The Bertz CT molecular complexity index is 622. The molecule has 0 aromatic heterocycles. The average Bonchev–Trinajstić information content (AvgIpc) is 2.58. The first-order valence-electron chi connectivity index (χ1n) is 9.32. The third kappa shape index (κ3) is 3.38. The summed E-state index contributed by atoms with van der Waals surface area (Å²) in [6, 6.07) is 0. The summed E-state index contributed by atoms with van der Waals surface area (Å²) >= 11 is 6.75. The van der Waals surface area contributed by atoms with Gasteiger partial charge >= 0.3 is 5.97 Å². The predicted octanol–water partition coefficient (Wildman–Crippen LogP) is 4.05. The highest BCUT2D eigenvalue weighted by molar-refractivity contribution is 6.21. The van der Waals surface area contributed by atoms with Gasteiger partial charge in [-0.3, -0.25) is 0 Å². The van der Waals surface area contributed by atoms with Gasteiger partial charge in [0.15, 0.2) is 0 Å². The highest BCUT2D eigenvalue weighted by atomic mass is 35.5. The first kappa shape index (κ1) is 21.2. The number of aldehydes is 1. The number of esters is 1. The number of rotatable bonds is 5. The number of allylic oxidation sites excluding steroid dienone is 3. The van der Waals surface area contributed by atoms with Crippen LogP contribution >= 0.6 is 11.6 Å². The molecule has 2 rings (SSSR count). The van der Waals surface area contributed by atoms with Gasteiger partial charge in [-0.15, -0.1) is 11.6 Å². The minimum Gasteiger partial charge on any atom is -0.466 e. The summed E-state index contributed by atoms with van der Waals surface area (Å²) in [4.78, 5) is 24.2. The van der Waals surface area contributed by atoms with E-state index in [-0.39, 0.29) is 16.7 Å². The Morgan fingerprint density at radius 3 is 2.62 bits per heavy atom. The van der Waals surface area contributed by atoms with Crippen molar-refractivity contribution in [2.45, 2.75) is 64.9 Å². The van der Waals surface area contributed by atoms with E-state index in [2.05, 4.69) is 26.8 Å². The summed E-state index contributed by atoms with van der Waals surface area (Å²) < 4.78 is 4.86. The second kappa shape index (κ2) is 7.85. The first-order valence-corrected chi connectivity index (χ1v) is 9.75. The number of methoxy groups -OCH3 is 1. The quantitative estimate of drug-likeness (QED) is 0.337. The normalized spacial score (nSPS) is 39.4. The lowest BCUT2D eigenvalue weighted by Gasteiger charge is -2.60. The Morgan fingerprint density at radius 2 is 2.08 bits per heavy atom. The molecule has 2 aliphatic rings. The molecule has 4 nitrogen and oxygen atoms in total. The number of aliphatic hydroxyl groups excluding tert-OH is 1. The monoisotopic (exact) mass is 382 g/mol. The molecule has 0 aliphatic heterocycles. The molecule has 0 heterocycles. The van der Waals surface area contributed by atoms with Gasteiger partial charge in [0.1, 0.15) is 6.29 Å². The molecule has 0 aromatic carbocycles. The zero-order chi connectivity index (χ0) is 19.7. The Kier molecular flexibility index (Phi) is 6.40. The fourth-order valence-corrected chi connectivity index (χ4v) is 5.51. The van der Waals surface area contributed by atoms with Gasteiger partial charge in [-0.2, -0.15) is 0 Å². The topological polar surface area (TPSA) is 63.6 Å². The summed E-state index contributed by atoms with van der Waals surface area (Å²) in [6.07, 6.45) is 6.88. The van der Waals surface area contributed by atoms with E-state index in [0.29, 0.717) is 18.4 Å². The molecule has 0 saturated heterocycles. The van der Waals surface area contributed by atoms with Crippen LogP contribution in [-0.4, -0.2) is 36.0 Å². The van der Waals surface area contributed by atoms with Crippen LogP contribution in [0.4, 0.5) is 0 Å². The SMILES string of the molecule is COC(=O)C1=CC[C@H]2[C@](C)(CCC=C(C)C)[C@@H](Cl)C[C@H](O)[C@]2(C)[C@H]1C=O. The van der Waals surface area contributed by atoms with Gasteiger partial charge in [-0.1, -0.05) is 31.6 Å². The Hall–Kier alpha value is -1.13. The maximum Gasteiger partial charge on any atom is 0.334 e. The van der Waals surface area contributed by atoms with Crippen LogP contribution in [0.15, 0.2) is 23.3 Å². The smallest absolute Gasteiger partial charge is 0.334 e. The van der Waals surface area contributed by atoms with Crippen molar-refractivity contribution in [3.8, 4) is 0 Å². The van der Waals surface area contributed by atoms with Crippen molar-refractivity contribution in [1.82, 2.24) is 0 Å². The largest absolute Gasteiger partial charge is 0.466 e. The number of hydrogen-bond donors (Lipinski definition) is 1. The molecule has 6 atom stereocenters. The van der Waals surface area contributed by atoms with E-state index in [1.165, 1.54) is 12.7 Å². The second-order valence-electron chi connectivity index (χ2n) is 8.46. The molecule has 26 heavy (non-hydrogen) atoms. The van der Waals surface area contributed by atoms with Crippen molar-refractivity contribution < 1.29 is 19.4 Å². The molecule has 146 valence electrons. The molecule has 0 bridgehead atoms. The van der Waals surface area contributed by atoms with Gasteiger partial charge in [-0.05, 0) is 50.9 Å². The van der Waals surface area contributed by atoms with E-state index in [1.807, 2.05) is 13.0 Å². The van der Waals surface area contributed by atoms with Crippen LogP contribution in [0.25, 0.3) is 0 Å². The van der Waals surface area contributed by atoms with Crippen molar-refractivity contribution in [1.29, 1.82) is 0 Å². The van der Waals surface area contributed by atoms with Crippen LogP contribution in [-0.2, 0) is 14.3 Å². The maximum absolute atomic E-state index is 12.2. The number of carbonyl (C=O) groups is 2. The molecule has 1 fully saturated rings. The summed E-state index contributed by atoms with van der Waals surface area (Å²) in [5.74, 6) is -1.17. The zero-order valence-corrected chi connectivity index (χ0v) is 17.2. The Balaban J connectivity index is 2.48. The molecule has 0 radical (unpaired) electrons. The number of fused-ring (bicyclic) bond motifs is 1. The number of carbonyl (C=O) groups excluding carboxylic acids is 2. The van der Waals surface area contributed by atoms with E-state index in [9.17, 15) is 14.7 Å². The molecule has 0 aromatic rings. The van der Waals surface area contributed by atoms with Crippen LogP contribution in [0, 0.1) is 22.7 Å². The Morgan fingerprint density at radius 1 is 1.42 bits per heavy atom. The minimum absolute atomic E-state index is 0.00965. The van der Waals surface area contributed by atoms with Gasteiger partial charge in [0.05, 0.1) is 19.1 Å². The lowest BCUT2D eigenvalue weighted by Crippen LogP contribution is -2.61. The Labute approximate surface area is 161 Å². The third-order valence-electron chi connectivity index (χ3n) is 6.78. The molecular formula is C21H31ClO4. The van der Waals surface area contributed by atoms with Gasteiger partial charge in [0.2, 0.25) is 0 Å². The lowest BCUT2D eigenvalue weighted by atomic mass is 9.46. The van der Waals surface area contributed by atoms with Crippen LogP contribution in [0.2, 0.25) is 0 Å². The summed E-state index contributed by atoms with van der Waals surface area (Å²) in [5, 5.41) is 10.7. The number of ether oxygens (including phenoxy) is 1. The minimum atomic E-state index is -0.741. The van der Waals surface area contributed by atoms with Crippen LogP contribution in [0.1, 0.15) is 53.4 Å². The zero-order valence-electron chi connectivity index (χ0n) is 16.4. The van der Waals surface area contributed by atoms with Gasteiger partial charge in [-0.25, -0.2) is 4.79 Å². The van der Waals surface area contributed by atoms with Gasteiger partial charge < -0.3 is 14.6 Å². The molecule has 1 saturated carbocycles. The fourth-order valence-electron chi connectivity index (χ4n) is 5.08. The summed E-state index contributed by atoms with van der Waals surface area (Å²) in [7, 11) is 1.31. The summed E-state index contributed by atoms with van der Waals surface area (Å²) in [6.45, 7) is 8.24. The van der Waals surface area contributed by atoms with Crippen LogP contribution in [0.5, 0.6) is 0 Å². The molecule has 1 N–H and O–H groups in total. The van der Waals surface area contributed by atoms with E-state index in [4.69, 9.17) is 16.3 Å². The van der Waals surface area contributed by atoms with Crippen molar-refractivity contribution in [2.24, 2.45) is 22.7 Å². The maximum atomic E-state index is 12.2. The standard InChI is InChI=1S/C21H31ClO4/c1-13(2)7-6-10-20(3)16-9-8-14(19(25)26-5)15(12-23)21(16,4)18(24)11-17(20)22/h7-8,12,15-18,24H,6,9-11H2,1-5H3/t15-,16-,17-,18-,20-,21+/m0/s1. The highest BCUT2D eigenvalue weighted by Crippen LogP contribution is 2.62. The molecular weight excluding hydrogens is 352 g/mol. The average molecular weight is 383 g/mol. The van der Waals surface area contributed by atoms with Gasteiger partial charge in [0, 0.05) is 16.4 Å². The second-order valence-corrected chi connectivity index (χ2v) is 8.99. The molecule has 5 heteroatoms. The highest BCUT2D eigenvalue weighted by Gasteiger charge is 2.61. The number of halogens is 1. The number of hydrogen-bond acceptors (Lipinski definition) is 4. The molecule has 0 unspecified atom stereocenters. The van der Waals surface area contributed by atoms with E-state index >= 15 is 0 Å². The van der Waals surface area contributed by atoms with Gasteiger partial charge in [0.25, 0.3) is 0 Å². The lowest BCUT2D eigenvalue weighted by molar-refractivity contribution is -0.153. The van der Waals surface area contributed by atoms with Crippen molar-refractivity contribution in [3.63, 3.8) is 0 Å². The van der Waals surface area contributed by atoms with Crippen LogP contribution < -0.4 is 0 Å². The van der Waals surface area contributed by atoms with E-state index < -0.39 is 23.4 Å². The van der Waals surface area contributed by atoms with Crippen LogP contribution in [0.3, 0.4) is 0 Å². The van der Waals surface area contributed by atoms with E-state index in [1.54, 1.807) is 0 Å². The third-order valence-corrected chi connectivity index (χ3v) is 7.46. The molecule has 2 aliphatic carbocycles. The van der Waals surface area contributed by atoms with Crippen molar-refractivity contribution >= 4 is 23.9 Å². The number of aliphatic hydroxyl groups is 1.